The van der Waals surface area contributed by atoms with E-state index in [0.717, 1.165) is 13.0 Å². The highest BCUT2D eigenvalue weighted by Crippen LogP contribution is 2.19. The molecule has 0 amide bonds. The van der Waals surface area contributed by atoms with Crippen LogP contribution < -0.4 is 0 Å². The van der Waals surface area contributed by atoms with Crippen LogP contribution in [0, 0.1) is 6.92 Å². The molecule has 1 aromatic heterocycles. The van der Waals surface area contributed by atoms with Gasteiger partial charge in [0.1, 0.15) is 0 Å². The molecule has 2 rings (SSSR count). The number of benzene rings is 1. The number of aryl methyl sites for hydroxylation is 1. The number of hydrogen-bond acceptors (Lipinski definition) is 2. The standard InChI is InChI=1S/C15H18N2.C3H6O/c1-3-4-8-16-9-7-13-11-17-15-6-5-12(2)10-14(13)15;1-3-4-2/h3-6,8,10-11,17H,7,9H2,1-2H3;3H,1H2,2H3/b4-3-,16-8?;. The van der Waals surface area contributed by atoms with Crippen LogP contribution in [0.2, 0.25) is 0 Å². The topological polar surface area (TPSA) is 37.4 Å². The van der Waals surface area contributed by atoms with Crippen molar-refractivity contribution in [2.24, 2.45) is 4.99 Å². The molecule has 3 nitrogen and oxygen atoms in total. The average molecular weight is 284 g/mol. The first kappa shape index (κ1) is 16.8. The Labute approximate surface area is 127 Å². The second-order valence-electron chi connectivity index (χ2n) is 4.60. The number of H-pyrrole nitrogens is 1. The second-order valence-corrected chi connectivity index (χ2v) is 4.60. The highest BCUT2D eigenvalue weighted by Gasteiger charge is 2.02. The lowest BCUT2D eigenvalue weighted by molar-refractivity contribution is 0.339. The molecule has 0 radical (unpaired) electrons. The molecule has 0 unspecified atom stereocenters. The molecule has 0 aliphatic carbocycles. The zero-order valence-electron chi connectivity index (χ0n) is 13.1. The minimum Gasteiger partial charge on any atom is -0.505 e. The van der Waals surface area contributed by atoms with Crippen molar-refractivity contribution in [1.82, 2.24) is 4.98 Å². The Balaban J connectivity index is 0.000000491. The Morgan fingerprint density at radius 3 is 2.81 bits per heavy atom. The fraction of sp³-hybridized carbons (Fsp3) is 0.278. The van der Waals surface area contributed by atoms with Crippen molar-refractivity contribution in [1.29, 1.82) is 0 Å². The Hall–Kier alpha value is -2.29. The van der Waals surface area contributed by atoms with E-state index in [1.54, 1.807) is 7.11 Å². The van der Waals surface area contributed by atoms with E-state index in [1.807, 2.05) is 25.3 Å². The van der Waals surface area contributed by atoms with E-state index in [1.165, 1.54) is 28.3 Å². The van der Waals surface area contributed by atoms with Gasteiger partial charge in [-0.2, -0.15) is 0 Å². The van der Waals surface area contributed by atoms with Crippen molar-refractivity contribution in [3.63, 3.8) is 0 Å². The van der Waals surface area contributed by atoms with E-state index in [2.05, 4.69) is 52.6 Å². The van der Waals surface area contributed by atoms with Crippen LogP contribution in [0.5, 0.6) is 0 Å². The highest BCUT2D eigenvalue weighted by molar-refractivity contribution is 5.83. The van der Waals surface area contributed by atoms with Gasteiger partial charge < -0.3 is 9.72 Å². The summed E-state index contributed by atoms with van der Waals surface area (Å²) in [6.07, 6.45) is 10.3. The summed E-state index contributed by atoms with van der Waals surface area (Å²) in [4.78, 5) is 7.64. The monoisotopic (exact) mass is 284 g/mol. The molecule has 3 heteroatoms. The number of aromatic nitrogens is 1. The van der Waals surface area contributed by atoms with E-state index in [0.29, 0.717) is 0 Å². The molecule has 0 aliphatic rings. The smallest absolute Gasteiger partial charge is 0.0766 e. The molecular formula is C18H24N2O. The van der Waals surface area contributed by atoms with Crippen LogP contribution in [-0.4, -0.2) is 24.9 Å². The fourth-order valence-corrected chi connectivity index (χ4v) is 1.91. The van der Waals surface area contributed by atoms with Crippen molar-refractivity contribution in [3.05, 3.63) is 60.5 Å². The third-order valence-electron chi connectivity index (χ3n) is 2.98. The molecule has 0 aliphatic heterocycles. The number of hydrogen-bond donors (Lipinski definition) is 1. The van der Waals surface area contributed by atoms with Crippen molar-refractivity contribution in [2.75, 3.05) is 13.7 Å². The van der Waals surface area contributed by atoms with Crippen molar-refractivity contribution in [2.45, 2.75) is 20.3 Å². The van der Waals surface area contributed by atoms with Gasteiger partial charge in [0, 0.05) is 29.9 Å². The third-order valence-corrected chi connectivity index (χ3v) is 2.98. The fourth-order valence-electron chi connectivity index (χ4n) is 1.91. The normalized spacial score (nSPS) is 10.8. The quantitative estimate of drug-likeness (QED) is 0.639. The predicted octanol–water partition coefficient (Wildman–Crippen LogP) is 4.44. The van der Waals surface area contributed by atoms with Crippen LogP contribution in [-0.2, 0) is 11.2 Å². The van der Waals surface area contributed by atoms with Gasteiger partial charge >= 0.3 is 0 Å². The van der Waals surface area contributed by atoms with Crippen LogP contribution in [0.1, 0.15) is 18.1 Å². The van der Waals surface area contributed by atoms with Gasteiger partial charge in [-0.05, 0) is 44.0 Å². The van der Waals surface area contributed by atoms with Gasteiger partial charge in [0.05, 0.1) is 13.4 Å². The van der Waals surface area contributed by atoms with E-state index < -0.39 is 0 Å². The summed E-state index contributed by atoms with van der Waals surface area (Å²) in [7, 11) is 1.56. The van der Waals surface area contributed by atoms with E-state index in [9.17, 15) is 0 Å². The molecule has 0 saturated carbocycles. The maximum absolute atomic E-state index is 4.34. The number of aliphatic imine (C=N–C) groups is 1. The average Bonchev–Trinajstić information content (AvgIpc) is 2.90. The van der Waals surface area contributed by atoms with E-state index in [4.69, 9.17) is 0 Å². The molecule has 112 valence electrons. The first-order valence-electron chi connectivity index (χ1n) is 7.04. The lowest BCUT2D eigenvalue weighted by Crippen LogP contribution is -1.88. The van der Waals surface area contributed by atoms with E-state index >= 15 is 0 Å². The summed E-state index contributed by atoms with van der Waals surface area (Å²) in [6.45, 7) is 8.22. The van der Waals surface area contributed by atoms with Crippen LogP contribution in [0.4, 0.5) is 0 Å². The van der Waals surface area contributed by atoms with Gasteiger partial charge in [0.15, 0.2) is 0 Å². The largest absolute Gasteiger partial charge is 0.505 e. The van der Waals surface area contributed by atoms with Gasteiger partial charge in [-0.1, -0.05) is 24.3 Å². The number of fused-ring (bicyclic) bond motifs is 1. The number of rotatable bonds is 5. The van der Waals surface area contributed by atoms with Gasteiger partial charge in [0.25, 0.3) is 0 Å². The highest BCUT2D eigenvalue weighted by atomic mass is 16.5. The Kier molecular flexibility index (Phi) is 7.65. The van der Waals surface area contributed by atoms with Gasteiger partial charge in [-0.25, -0.2) is 0 Å². The summed E-state index contributed by atoms with van der Waals surface area (Å²) in [5.74, 6) is 0. The lowest BCUT2D eigenvalue weighted by atomic mass is 10.1. The molecule has 2 aromatic rings. The molecule has 0 saturated heterocycles. The summed E-state index contributed by atoms with van der Waals surface area (Å²) >= 11 is 0. The van der Waals surface area contributed by atoms with E-state index in [-0.39, 0.29) is 0 Å². The predicted molar refractivity (Wildman–Crippen MR) is 92.1 cm³/mol. The maximum Gasteiger partial charge on any atom is 0.0766 e. The Morgan fingerprint density at radius 2 is 2.14 bits per heavy atom. The minimum atomic E-state index is 0.839. The lowest BCUT2D eigenvalue weighted by Gasteiger charge is -1.97. The number of ether oxygens (including phenoxy) is 1. The van der Waals surface area contributed by atoms with Crippen LogP contribution in [0.3, 0.4) is 0 Å². The van der Waals surface area contributed by atoms with Gasteiger partial charge in [-0.3, -0.25) is 4.99 Å². The van der Waals surface area contributed by atoms with Crippen molar-refractivity contribution in [3.8, 4) is 0 Å². The minimum absolute atomic E-state index is 0.839. The molecule has 1 heterocycles. The molecule has 0 spiro atoms. The molecule has 0 fully saturated rings. The summed E-state index contributed by atoms with van der Waals surface area (Å²) in [5, 5.41) is 1.33. The number of methoxy groups -OCH3 is 1. The van der Waals surface area contributed by atoms with Crippen molar-refractivity contribution >= 4 is 17.1 Å². The molecule has 21 heavy (non-hydrogen) atoms. The summed E-state index contributed by atoms with van der Waals surface area (Å²) in [5.41, 5.74) is 3.86. The van der Waals surface area contributed by atoms with Crippen LogP contribution in [0.25, 0.3) is 10.9 Å². The molecule has 0 atom stereocenters. The second kappa shape index (κ2) is 9.59. The number of aromatic amines is 1. The van der Waals surface area contributed by atoms with Crippen LogP contribution in [0.15, 0.2) is 54.4 Å². The molecular weight excluding hydrogens is 260 g/mol. The Bertz CT molecular complexity index is 609. The number of nitrogens with zero attached hydrogens (tertiary/aromatic N) is 1. The zero-order chi connectivity index (χ0) is 15.5. The van der Waals surface area contributed by atoms with Gasteiger partial charge in [-0.15, -0.1) is 0 Å². The zero-order valence-corrected chi connectivity index (χ0v) is 13.1. The Morgan fingerprint density at radius 1 is 1.38 bits per heavy atom. The van der Waals surface area contributed by atoms with Crippen LogP contribution >= 0.6 is 0 Å². The van der Waals surface area contributed by atoms with Crippen molar-refractivity contribution < 1.29 is 4.74 Å². The third kappa shape index (κ3) is 5.69. The molecule has 1 aromatic carbocycles. The summed E-state index contributed by atoms with van der Waals surface area (Å²) in [6, 6.07) is 6.50. The first-order valence-corrected chi connectivity index (χ1v) is 7.04. The van der Waals surface area contributed by atoms with Gasteiger partial charge in [0.2, 0.25) is 0 Å². The molecule has 0 bridgehead atoms. The maximum atomic E-state index is 4.34. The number of allylic oxidation sites excluding steroid dienone is 2. The SMILES string of the molecule is C/C=C\C=NCCc1c[nH]c2ccc(C)cc12.C=COC. The first-order chi connectivity index (χ1) is 10.2. The molecule has 1 N–H and O–H groups in total. The summed E-state index contributed by atoms with van der Waals surface area (Å²) < 4.78 is 4.31. The number of nitrogens with one attached hydrogen (secondary N) is 1.